The van der Waals surface area contributed by atoms with Gasteiger partial charge in [-0.2, -0.15) is 26.3 Å². The Balaban J connectivity index is 1.32. The quantitative estimate of drug-likeness (QED) is 0.405. The lowest BCUT2D eigenvalue weighted by atomic mass is 9.85. The predicted molar refractivity (Wildman–Crippen MR) is 120 cm³/mol. The van der Waals surface area contributed by atoms with Gasteiger partial charge in [0.25, 0.3) is 5.60 Å². The average molecular weight is 531 g/mol. The van der Waals surface area contributed by atoms with Crippen LogP contribution in [0.25, 0.3) is 0 Å². The second-order valence-corrected chi connectivity index (χ2v) is 10.1. The van der Waals surface area contributed by atoms with Crippen LogP contribution in [0.4, 0.5) is 26.3 Å². The maximum absolute atomic E-state index is 14.2. The zero-order chi connectivity index (χ0) is 25.9. The van der Waals surface area contributed by atoms with E-state index >= 15 is 0 Å². The van der Waals surface area contributed by atoms with Crippen molar-refractivity contribution in [2.24, 2.45) is 11.1 Å². The van der Waals surface area contributed by atoms with Crippen LogP contribution in [0, 0.1) is 5.92 Å². The summed E-state index contributed by atoms with van der Waals surface area (Å²) in [4.78, 5) is 18.8. The summed E-state index contributed by atoms with van der Waals surface area (Å²) in [5.74, 6) is 0.813. The number of benzene rings is 2. The lowest BCUT2D eigenvalue weighted by molar-refractivity contribution is -0.276. The number of nitrogens with zero attached hydrogens (tertiary/aromatic N) is 2. The van der Waals surface area contributed by atoms with E-state index in [0.717, 1.165) is 24.5 Å². The summed E-state index contributed by atoms with van der Waals surface area (Å²) in [6, 6.07) is 8.52. The third-order valence-corrected chi connectivity index (χ3v) is 7.21. The molecule has 0 bridgehead atoms. The van der Waals surface area contributed by atoms with Gasteiger partial charge in [0.05, 0.1) is 11.3 Å². The topological polar surface area (TPSA) is 41.9 Å². The molecule has 1 aliphatic carbocycles. The summed E-state index contributed by atoms with van der Waals surface area (Å²) in [6.07, 6.45) is -7.95. The van der Waals surface area contributed by atoms with Gasteiger partial charge in [0.15, 0.2) is 0 Å². The van der Waals surface area contributed by atoms with E-state index in [4.69, 9.17) is 16.4 Å². The molecule has 1 saturated carbocycles. The summed E-state index contributed by atoms with van der Waals surface area (Å²) < 4.78 is 82.3. The van der Waals surface area contributed by atoms with Crippen molar-refractivity contribution in [3.8, 4) is 0 Å². The van der Waals surface area contributed by atoms with Crippen LogP contribution in [0.2, 0.25) is 5.02 Å². The molecule has 0 N–H and O–H groups in total. The minimum atomic E-state index is -5.06. The number of hydrogen-bond acceptors (Lipinski definition) is 3. The van der Waals surface area contributed by atoms with Gasteiger partial charge >= 0.3 is 12.4 Å². The second kappa shape index (κ2) is 8.68. The van der Waals surface area contributed by atoms with E-state index in [1.807, 2.05) is 4.90 Å². The zero-order valence-electron chi connectivity index (χ0n) is 18.8. The lowest BCUT2D eigenvalue weighted by Crippen LogP contribution is -2.48. The van der Waals surface area contributed by atoms with Crippen LogP contribution in [-0.2, 0) is 21.4 Å². The van der Waals surface area contributed by atoms with Gasteiger partial charge in [-0.15, -0.1) is 0 Å². The van der Waals surface area contributed by atoms with E-state index in [0.29, 0.717) is 43.1 Å². The number of carbonyl (C=O) groups excluding carboxylic acids is 1. The fourth-order valence-electron chi connectivity index (χ4n) is 4.58. The highest BCUT2D eigenvalue weighted by Crippen LogP contribution is 2.50. The number of likely N-dealkylation sites (tertiary alicyclic amines) is 1. The summed E-state index contributed by atoms with van der Waals surface area (Å²) in [6.45, 7) is 1.20. The number of alkyl halides is 6. The summed E-state index contributed by atoms with van der Waals surface area (Å²) >= 11 is 5.74. The molecule has 1 atom stereocenters. The van der Waals surface area contributed by atoms with Crippen molar-refractivity contribution in [2.75, 3.05) is 13.1 Å². The molecule has 0 aromatic heterocycles. The van der Waals surface area contributed by atoms with E-state index in [1.54, 1.807) is 24.3 Å². The summed E-state index contributed by atoms with van der Waals surface area (Å²) in [5.41, 5.74) is -3.90. The molecule has 2 aromatic carbocycles. The van der Waals surface area contributed by atoms with Crippen LogP contribution in [0.5, 0.6) is 0 Å². The Morgan fingerprint density at radius 3 is 2.31 bits per heavy atom. The molecule has 2 heterocycles. The Labute approximate surface area is 207 Å². The van der Waals surface area contributed by atoms with Crippen LogP contribution in [-0.4, -0.2) is 35.8 Å². The monoisotopic (exact) mass is 530 g/mol. The molecule has 36 heavy (non-hydrogen) atoms. The summed E-state index contributed by atoms with van der Waals surface area (Å²) in [5, 5.41) is 3.13. The maximum Gasteiger partial charge on any atom is 0.435 e. The zero-order valence-corrected chi connectivity index (χ0v) is 19.6. The number of amides is 1. The fourth-order valence-corrected chi connectivity index (χ4v) is 4.82. The minimum Gasteiger partial charge on any atom is -0.374 e. The molecule has 2 aliphatic heterocycles. The summed E-state index contributed by atoms with van der Waals surface area (Å²) in [7, 11) is 0. The molecule has 1 unspecified atom stereocenters. The van der Waals surface area contributed by atoms with E-state index in [2.05, 4.69) is 5.16 Å². The van der Waals surface area contributed by atoms with Gasteiger partial charge in [-0.3, -0.25) is 4.79 Å². The van der Waals surface area contributed by atoms with Gasteiger partial charge in [-0.1, -0.05) is 41.0 Å². The Morgan fingerprint density at radius 2 is 1.72 bits per heavy atom. The van der Waals surface area contributed by atoms with Gasteiger partial charge < -0.3 is 9.74 Å². The molecule has 4 nitrogen and oxygen atoms in total. The molecule has 2 aromatic rings. The molecule has 5 rings (SSSR count). The van der Waals surface area contributed by atoms with Crippen molar-refractivity contribution >= 4 is 23.2 Å². The highest BCUT2D eigenvalue weighted by atomic mass is 35.5. The first kappa shape index (κ1) is 24.9. The first-order chi connectivity index (χ1) is 16.9. The lowest BCUT2D eigenvalue weighted by Gasteiger charge is -2.39. The van der Waals surface area contributed by atoms with Gasteiger partial charge in [-0.05, 0) is 48.1 Å². The third-order valence-electron chi connectivity index (χ3n) is 6.99. The number of hydrogen-bond donors (Lipinski definition) is 0. The Kier molecular flexibility index (Phi) is 6.01. The maximum atomic E-state index is 14.2. The molecule has 0 radical (unpaired) electrons. The van der Waals surface area contributed by atoms with Crippen molar-refractivity contribution in [3.63, 3.8) is 0 Å². The van der Waals surface area contributed by atoms with Crippen LogP contribution in [0.3, 0.4) is 0 Å². The van der Waals surface area contributed by atoms with Crippen molar-refractivity contribution < 1.29 is 36.0 Å². The third kappa shape index (κ3) is 4.67. The molecular weight excluding hydrogens is 510 g/mol. The van der Waals surface area contributed by atoms with Crippen molar-refractivity contribution in [1.82, 2.24) is 4.90 Å². The van der Waals surface area contributed by atoms with Crippen LogP contribution in [0.1, 0.15) is 53.9 Å². The molecule has 1 amide bonds. The van der Waals surface area contributed by atoms with Crippen molar-refractivity contribution in [1.29, 1.82) is 0 Å². The Bertz CT molecular complexity index is 1200. The Morgan fingerprint density at radius 1 is 1.06 bits per heavy atom. The highest BCUT2D eigenvalue weighted by molar-refractivity contribution is 6.30. The number of halogens is 7. The normalized spacial score (nSPS) is 22.8. The first-order valence-corrected chi connectivity index (χ1v) is 11.8. The molecular formula is C25H21ClF6N2O2. The van der Waals surface area contributed by atoms with E-state index in [9.17, 15) is 31.1 Å². The SMILES string of the molecule is O=C(CC1CC1)N1CC(c2ccc(C3=NOC(c4cc(Cl)cc(C(F)(F)F)c4)(C(F)(F)F)C3)cc2)C1. The first-order valence-electron chi connectivity index (χ1n) is 11.4. The molecule has 0 spiro atoms. The van der Waals surface area contributed by atoms with E-state index < -0.39 is 40.5 Å². The highest BCUT2D eigenvalue weighted by Gasteiger charge is 2.62. The van der Waals surface area contributed by atoms with Gasteiger partial charge in [0.1, 0.15) is 0 Å². The largest absolute Gasteiger partial charge is 0.435 e. The van der Waals surface area contributed by atoms with Crippen molar-refractivity contribution in [3.05, 3.63) is 69.7 Å². The minimum absolute atomic E-state index is 0.0396. The standard InChI is InChI=1S/C25H21ClF6N2O2/c26-20-9-18(8-19(10-20)24(27,28)29)23(25(30,31)32)11-21(33-36-23)16-5-3-15(4-6-16)17-12-34(13-17)22(35)7-14-1-2-14/h3-6,8-10,14,17H,1-2,7,11-13H2. The molecule has 1 saturated heterocycles. The van der Waals surface area contributed by atoms with Gasteiger partial charge in [0.2, 0.25) is 5.91 Å². The number of oxime groups is 1. The fraction of sp³-hybridized carbons (Fsp3) is 0.440. The van der Waals surface area contributed by atoms with E-state index in [1.165, 1.54) is 0 Å². The predicted octanol–water partition coefficient (Wildman–Crippen LogP) is 6.67. The molecule has 11 heteroatoms. The van der Waals surface area contributed by atoms with Crippen molar-refractivity contribution in [2.45, 2.75) is 49.6 Å². The molecule has 3 aliphatic rings. The molecule has 2 fully saturated rings. The Hall–Kier alpha value is -2.75. The second-order valence-electron chi connectivity index (χ2n) is 9.62. The van der Waals surface area contributed by atoms with Gasteiger partial charge in [-0.25, -0.2) is 0 Å². The van der Waals surface area contributed by atoms with E-state index in [-0.39, 0.29) is 17.5 Å². The molecule has 192 valence electrons. The van der Waals surface area contributed by atoms with Crippen LogP contribution in [0.15, 0.2) is 47.6 Å². The van der Waals surface area contributed by atoms with Crippen LogP contribution >= 0.6 is 11.6 Å². The smallest absolute Gasteiger partial charge is 0.374 e. The van der Waals surface area contributed by atoms with Crippen LogP contribution < -0.4 is 0 Å². The number of rotatable bonds is 5. The average Bonchev–Trinajstić information content (AvgIpc) is 3.44. The van der Waals surface area contributed by atoms with Gasteiger partial charge in [0, 0.05) is 42.4 Å². The number of carbonyl (C=O) groups is 1.